The molecular formula is C24H29N5O4S. The summed E-state index contributed by atoms with van der Waals surface area (Å²) >= 11 is 0. The third-order valence-electron chi connectivity index (χ3n) is 6.01. The Hall–Kier alpha value is -3.33. The highest BCUT2D eigenvalue weighted by Gasteiger charge is 2.24. The van der Waals surface area contributed by atoms with Gasteiger partial charge in [0.15, 0.2) is 0 Å². The van der Waals surface area contributed by atoms with Crippen molar-refractivity contribution < 1.29 is 18.3 Å². The minimum absolute atomic E-state index is 0.322. The van der Waals surface area contributed by atoms with E-state index in [1.54, 1.807) is 24.3 Å². The van der Waals surface area contributed by atoms with E-state index in [-0.39, 0.29) is 5.91 Å². The first-order valence-electron chi connectivity index (χ1n) is 11.3. The normalized spacial score (nSPS) is 16.9. The molecule has 9 nitrogen and oxygen atoms in total. The molecule has 1 saturated heterocycles. The number of pyridine rings is 1. The van der Waals surface area contributed by atoms with Crippen LogP contribution in [0.3, 0.4) is 0 Å². The summed E-state index contributed by atoms with van der Waals surface area (Å²) in [6.07, 6.45) is 6.71. The van der Waals surface area contributed by atoms with E-state index in [9.17, 15) is 13.2 Å². The van der Waals surface area contributed by atoms with Crippen LogP contribution in [0, 0.1) is 5.92 Å². The molecule has 5 rings (SSSR count). The molecule has 1 aromatic heterocycles. The second-order valence-electron chi connectivity index (χ2n) is 8.49. The number of anilines is 4. The molecule has 0 atom stereocenters. The number of aliphatic hydroxyl groups is 1. The van der Waals surface area contributed by atoms with Gasteiger partial charge in [0.1, 0.15) is 11.6 Å². The standard InChI is InChI=1S/C24H29N5O4S/c1-28-12-3-2-5-18-10-13-29(14-11-18)21-17-19(27-34(32,33)16-15-30)8-9-20(21)24(31)26-22-6-4-7-23(28)25-22/h2,4,6-9,12,17-18,27,30H,5,10-11,13-16H2,1H3,(H,25,26,31). The van der Waals surface area contributed by atoms with E-state index >= 15 is 0 Å². The van der Waals surface area contributed by atoms with Crippen molar-refractivity contribution in [2.24, 2.45) is 5.92 Å². The molecule has 10 heteroatoms. The monoisotopic (exact) mass is 483 g/mol. The predicted molar refractivity (Wildman–Crippen MR) is 134 cm³/mol. The lowest BCUT2D eigenvalue weighted by Gasteiger charge is -2.34. The second-order valence-corrected chi connectivity index (χ2v) is 10.3. The zero-order valence-electron chi connectivity index (χ0n) is 19.1. The molecule has 0 radical (unpaired) electrons. The van der Waals surface area contributed by atoms with Crippen LogP contribution in [0.4, 0.5) is 23.0 Å². The van der Waals surface area contributed by atoms with E-state index in [0.29, 0.717) is 34.5 Å². The number of piperidine rings is 1. The molecule has 4 bridgehead atoms. The number of sulfonamides is 1. The Labute approximate surface area is 199 Å². The SMILES string of the molecule is CN1C=C=CCC2CCN(CC2)c2cc(NS(=O)(=O)CCO)ccc2C(=O)Nc2cccc1n2. The lowest BCUT2D eigenvalue weighted by atomic mass is 9.93. The lowest BCUT2D eigenvalue weighted by Crippen LogP contribution is -2.35. The predicted octanol–water partition coefficient (Wildman–Crippen LogP) is 2.79. The third kappa shape index (κ3) is 5.77. The summed E-state index contributed by atoms with van der Waals surface area (Å²) in [7, 11) is -1.80. The Morgan fingerprint density at radius 2 is 2.03 bits per heavy atom. The molecule has 0 aliphatic carbocycles. The molecule has 1 amide bonds. The summed E-state index contributed by atoms with van der Waals surface area (Å²) in [5.41, 5.74) is 4.68. The maximum absolute atomic E-state index is 13.3. The molecule has 0 unspecified atom stereocenters. The average Bonchev–Trinajstić information content (AvgIpc) is 2.81. The van der Waals surface area contributed by atoms with Crippen molar-refractivity contribution in [1.82, 2.24) is 4.98 Å². The van der Waals surface area contributed by atoms with Gasteiger partial charge in [-0.15, -0.1) is 5.73 Å². The van der Waals surface area contributed by atoms with Crippen LogP contribution in [0.2, 0.25) is 0 Å². The first kappa shape index (κ1) is 23.8. The van der Waals surface area contributed by atoms with Crippen LogP contribution in [-0.4, -0.2) is 56.9 Å². The Kier molecular flexibility index (Phi) is 7.21. The summed E-state index contributed by atoms with van der Waals surface area (Å²) in [5, 5.41) is 11.9. The number of hydrogen-bond donors (Lipinski definition) is 3. The van der Waals surface area contributed by atoms with E-state index in [2.05, 4.69) is 31.7 Å². The molecule has 0 saturated carbocycles. The number of allylic oxidation sites excluding steroid dienone is 1. The lowest BCUT2D eigenvalue weighted by molar-refractivity contribution is 0.102. The molecule has 180 valence electrons. The zero-order chi connectivity index (χ0) is 24.1. The Morgan fingerprint density at radius 1 is 1.24 bits per heavy atom. The number of fused-ring (bicyclic) bond motifs is 5. The molecule has 3 aliphatic heterocycles. The minimum atomic E-state index is -3.68. The van der Waals surface area contributed by atoms with Gasteiger partial charge in [0.2, 0.25) is 10.0 Å². The molecule has 34 heavy (non-hydrogen) atoms. The van der Waals surface area contributed by atoms with Crippen LogP contribution in [-0.2, 0) is 10.0 Å². The van der Waals surface area contributed by atoms with Gasteiger partial charge in [-0.25, -0.2) is 13.4 Å². The van der Waals surface area contributed by atoms with Crippen molar-refractivity contribution in [2.45, 2.75) is 19.3 Å². The highest BCUT2D eigenvalue weighted by Crippen LogP contribution is 2.31. The first-order valence-corrected chi connectivity index (χ1v) is 12.9. The van der Waals surface area contributed by atoms with Crippen LogP contribution in [0.25, 0.3) is 0 Å². The maximum atomic E-state index is 13.3. The summed E-state index contributed by atoms with van der Waals surface area (Å²) in [6.45, 7) is 1.03. The van der Waals surface area contributed by atoms with Gasteiger partial charge in [-0.3, -0.25) is 9.52 Å². The Morgan fingerprint density at radius 3 is 2.79 bits per heavy atom. The van der Waals surface area contributed by atoms with Crippen molar-refractivity contribution in [1.29, 1.82) is 0 Å². The van der Waals surface area contributed by atoms with E-state index in [1.165, 1.54) is 0 Å². The van der Waals surface area contributed by atoms with E-state index in [1.807, 2.05) is 30.3 Å². The number of carbonyl (C=O) groups is 1. The van der Waals surface area contributed by atoms with Gasteiger partial charge in [0.25, 0.3) is 5.91 Å². The molecule has 4 heterocycles. The molecule has 2 aromatic rings. The van der Waals surface area contributed by atoms with Gasteiger partial charge in [-0.1, -0.05) is 6.07 Å². The fourth-order valence-electron chi connectivity index (χ4n) is 4.15. The van der Waals surface area contributed by atoms with Gasteiger partial charge in [-0.2, -0.15) is 0 Å². The number of aliphatic hydroxyl groups excluding tert-OH is 1. The fraction of sp³-hybridized carbons (Fsp3) is 0.375. The van der Waals surface area contributed by atoms with Crippen molar-refractivity contribution in [3.63, 3.8) is 0 Å². The highest BCUT2D eigenvalue weighted by molar-refractivity contribution is 7.92. The molecule has 1 fully saturated rings. The number of carbonyl (C=O) groups excluding carboxylic acids is 1. The molecule has 3 aliphatic rings. The van der Waals surface area contributed by atoms with Crippen LogP contribution >= 0.6 is 0 Å². The van der Waals surface area contributed by atoms with Gasteiger partial charge in [-0.05, 0) is 61.6 Å². The number of nitrogens with one attached hydrogen (secondary N) is 2. The number of benzene rings is 1. The van der Waals surface area contributed by atoms with E-state index in [0.717, 1.165) is 32.4 Å². The van der Waals surface area contributed by atoms with Crippen molar-refractivity contribution >= 4 is 38.9 Å². The molecular weight excluding hydrogens is 454 g/mol. The average molecular weight is 484 g/mol. The van der Waals surface area contributed by atoms with E-state index in [4.69, 9.17) is 5.11 Å². The number of rotatable bonds is 4. The Bertz CT molecular complexity index is 1220. The van der Waals surface area contributed by atoms with Gasteiger partial charge in [0.05, 0.1) is 29.3 Å². The van der Waals surface area contributed by atoms with Gasteiger partial charge in [0, 0.05) is 26.3 Å². The van der Waals surface area contributed by atoms with Gasteiger partial charge >= 0.3 is 0 Å². The summed E-state index contributed by atoms with van der Waals surface area (Å²) < 4.78 is 26.8. The first-order chi connectivity index (χ1) is 16.3. The van der Waals surface area contributed by atoms with Crippen molar-refractivity contribution in [3.05, 3.63) is 60.0 Å². The summed E-state index contributed by atoms with van der Waals surface area (Å²) in [6, 6.07) is 10.3. The van der Waals surface area contributed by atoms with Crippen LogP contribution in [0.15, 0.2) is 54.4 Å². The van der Waals surface area contributed by atoms with Crippen molar-refractivity contribution in [3.8, 4) is 0 Å². The third-order valence-corrected chi connectivity index (χ3v) is 7.27. The number of amides is 1. The van der Waals surface area contributed by atoms with E-state index < -0.39 is 22.4 Å². The fourth-order valence-corrected chi connectivity index (χ4v) is 4.98. The number of nitrogens with zero attached hydrogens (tertiary/aromatic N) is 3. The molecule has 1 aromatic carbocycles. The zero-order valence-corrected chi connectivity index (χ0v) is 19.9. The van der Waals surface area contributed by atoms with Crippen LogP contribution < -0.4 is 19.8 Å². The second kappa shape index (κ2) is 10.3. The van der Waals surface area contributed by atoms with Gasteiger partial charge < -0.3 is 20.2 Å². The Balaban J connectivity index is 1.72. The number of hydrogen-bond acceptors (Lipinski definition) is 7. The maximum Gasteiger partial charge on any atom is 0.258 e. The quantitative estimate of drug-likeness (QED) is 0.573. The van der Waals surface area contributed by atoms with Crippen molar-refractivity contribution in [2.75, 3.05) is 52.3 Å². The molecule has 3 N–H and O–H groups in total. The largest absolute Gasteiger partial charge is 0.395 e. The number of aromatic nitrogens is 1. The smallest absolute Gasteiger partial charge is 0.258 e. The van der Waals surface area contributed by atoms with Crippen LogP contribution in [0.1, 0.15) is 29.6 Å². The summed E-state index contributed by atoms with van der Waals surface area (Å²) in [4.78, 5) is 21.8. The molecule has 0 spiro atoms. The van der Waals surface area contributed by atoms with Crippen LogP contribution in [0.5, 0.6) is 0 Å². The minimum Gasteiger partial charge on any atom is -0.395 e. The highest BCUT2D eigenvalue weighted by atomic mass is 32.2. The summed E-state index contributed by atoms with van der Waals surface area (Å²) in [5.74, 6) is 0.882. The topological polar surface area (TPSA) is 115 Å².